The third-order valence-electron chi connectivity index (χ3n) is 5.42. The summed E-state index contributed by atoms with van der Waals surface area (Å²) in [5, 5.41) is 11.9. The number of anilines is 1. The fourth-order valence-electron chi connectivity index (χ4n) is 3.66. The van der Waals surface area contributed by atoms with Gasteiger partial charge in [0.2, 0.25) is 0 Å². The van der Waals surface area contributed by atoms with Crippen LogP contribution in [0.15, 0.2) is 18.2 Å². The van der Waals surface area contributed by atoms with Crippen molar-refractivity contribution in [2.75, 3.05) is 25.0 Å². The van der Waals surface area contributed by atoms with Gasteiger partial charge in [0.25, 0.3) is 11.8 Å². The highest BCUT2D eigenvalue weighted by Crippen LogP contribution is 2.33. The molecule has 2 fully saturated rings. The number of piperidine rings is 1. The van der Waals surface area contributed by atoms with Gasteiger partial charge in [-0.05, 0) is 49.8 Å². The number of aliphatic carboxylic acids is 1. The lowest BCUT2D eigenvalue weighted by Gasteiger charge is -2.30. The van der Waals surface area contributed by atoms with E-state index in [0.717, 1.165) is 12.8 Å². The molecule has 1 saturated carbocycles. The number of imide groups is 1. The van der Waals surface area contributed by atoms with Crippen molar-refractivity contribution in [3.05, 3.63) is 29.3 Å². The van der Waals surface area contributed by atoms with Gasteiger partial charge in [-0.2, -0.15) is 0 Å². The first kappa shape index (κ1) is 17.5. The number of amides is 4. The fourth-order valence-corrected chi connectivity index (χ4v) is 3.66. The Hall–Kier alpha value is -2.90. The van der Waals surface area contributed by atoms with Gasteiger partial charge >= 0.3 is 12.0 Å². The van der Waals surface area contributed by atoms with E-state index in [1.165, 1.54) is 15.9 Å². The number of benzene rings is 1. The number of carboxylic acid groups (broad SMARTS) is 1. The zero-order chi connectivity index (χ0) is 19.1. The van der Waals surface area contributed by atoms with E-state index in [2.05, 4.69) is 5.32 Å². The molecule has 1 saturated heterocycles. The molecule has 3 aliphatic rings. The lowest BCUT2D eigenvalue weighted by molar-refractivity contribution is -0.143. The summed E-state index contributed by atoms with van der Waals surface area (Å²) in [6.07, 6.45) is 3.28. The van der Waals surface area contributed by atoms with Crippen LogP contribution < -0.4 is 5.32 Å². The summed E-state index contributed by atoms with van der Waals surface area (Å²) in [7, 11) is 0. The van der Waals surface area contributed by atoms with Crippen LogP contribution in [0.2, 0.25) is 0 Å². The summed E-state index contributed by atoms with van der Waals surface area (Å²) in [5.41, 5.74) is 1.09. The van der Waals surface area contributed by atoms with Crippen molar-refractivity contribution < 1.29 is 24.3 Å². The molecule has 0 spiro atoms. The molecule has 1 unspecified atom stereocenters. The minimum atomic E-state index is -0.898. The summed E-state index contributed by atoms with van der Waals surface area (Å²) in [6.45, 7) is 1.12. The van der Waals surface area contributed by atoms with E-state index in [-0.39, 0.29) is 18.4 Å². The topological polar surface area (TPSA) is 107 Å². The minimum Gasteiger partial charge on any atom is -0.481 e. The number of rotatable bonds is 4. The second-order valence-corrected chi connectivity index (χ2v) is 7.48. The Labute approximate surface area is 156 Å². The predicted molar refractivity (Wildman–Crippen MR) is 95.5 cm³/mol. The quantitative estimate of drug-likeness (QED) is 0.788. The molecular weight excluding hydrogens is 350 g/mol. The summed E-state index contributed by atoms with van der Waals surface area (Å²) >= 11 is 0. The van der Waals surface area contributed by atoms with E-state index >= 15 is 0 Å². The van der Waals surface area contributed by atoms with Gasteiger partial charge in [0.1, 0.15) is 0 Å². The van der Waals surface area contributed by atoms with Gasteiger partial charge in [-0.1, -0.05) is 0 Å². The number of carbonyl (C=O) groups excluding carboxylic acids is 3. The van der Waals surface area contributed by atoms with E-state index < -0.39 is 17.9 Å². The van der Waals surface area contributed by atoms with Gasteiger partial charge in [0.05, 0.1) is 17.0 Å². The number of carbonyl (C=O) groups is 4. The molecule has 1 atom stereocenters. The van der Waals surface area contributed by atoms with E-state index in [9.17, 15) is 19.2 Å². The molecule has 4 amide bonds. The maximum absolute atomic E-state index is 12.5. The Morgan fingerprint density at radius 1 is 1.11 bits per heavy atom. The van der Waals surface area contributed by atoms with Crippen LogP contribution in [0, 0.1) is 11.8 Å². The van der Waals surface area contributed by atoms with Gasteiger partial charge in [0, 0.05) is 25.3 Å². The smallest absolute Gasteiger partial charge is 0.321 e. The van der Waals surface area contributed by atoms with Gasteiger partial charge in [-0.15, -0.1) is 0 Å². The zero-order valence-corrected chi connectivity index (χ0v) is 14.8. The number of nitrogens with zero attached hydrogens (tertiary/aromatic N) is 2. The van der Waals surface area contributed by atoms with Gasteiger partial charge in [0.15, 0.2) is 0 Å². The molecule has 2 N–H and O–H groups in total. The molecule has 1 aromatic carbocycles. The molecule has 0 bridgehead atoms. The fraction of sp³-hybridized carbons (Fsp3) is 0.474. The molecule has 8 nitrogen and oxygen atoms in total. The van der Waals surface area contributed by atoms with Crippen molar-refractivity contribution in [2.45, 2.75) is 25.7 Å². The number of hydrogen-bond donors (Lipinski definition) is 2. The second kappa shape index (κ2) is 6.68. The summed E-state index contributed by atoms with van der Waals surface area (Å²) in [6, 6.07) is 4.29. The second-order valence-electron chi connectivity index (χ2n) is 7.48. The van der Waals surface area contributed by atoms with Crippen LogP contribution in [0.25, 0.3) is 0 Å². The number of fused-ring (bicyclic) bond motifs is 1. The molecule has 4 rings (SSSR count). The molecule has 8 heteroatoms. The summed E-state index contributed by atoms with van der Waals surface area (Å²) < 4.78 is 0. The van der Waals surface area contributed by atoms with Crippen molar-refractivity contribution in [3.8, 4) is 0 Å². The molecule has 0 radical (unpaired) electrons. The van der Waals surface area contributed by atoms with E-state index in [1.807, 2.05) is 0 Å². The van der Waals surface area contributed by atoms with Crippen molar-refractivity contribution in [1.29, 1.82) is 0 Å². The average molecular weight is 371 g/mol. The van der Waals surface area contributed by atoms with Gasteiger partial charge in [-0.3, -0.25) is 19.3 Å². The molecule has 0 aromatic heterocycles. The number of nitrogens with one attached hydrogen (secondary N) is 1. The largest absolute Gasteiger partial charge is 0.481 e. The van der Waals surface area contributed by atoms with Crippen LogP contribution in [0.1, 0.15) is 46.4 Å². The Morgan fingerprint density at radius 3 is 2.56 bits per heavy atom. The van der Waals surface area contributed by atoms with Crippen LogP contribution in [-0.4, -0.2) is 58.4 Å². The van der Waals surface area contributed by atoms with Gasteiger partial charge < -0.3 is 15.3 Å². The number of hydrogen-bond acceptors (Lipinski definition) is 4. The first-order valence-electron chi connectivity index (χ1n) is 9.23. The Bertz CT molecular complexity index is 833. The van der Waals surface area contributed by atoms with Gasteiger partial charge in [-0.25, -0.2) is 4.79 Å². The van der Waals surface area contributed by atoms with E-state index in [0.29, 0.717) is 48.7 Å². The van der Waals surface area contributed by atoms with E-state index in [4.69, 9.17) is 5.11 Å². The van der Waals surface area contributed by atoms with Crippen molar-refractivity contribution >= 4 is 29.5 Å². The third-order valence-corrected chi connectivity index (χ3v) is 5.42. The van der Waals surface area contributed by atoms with Crippen molar-refractivity contribution in [2.24, 2.45) is 11.8 Å². The van der Waals surface area contributed by atoms with Crippen molar-refractivity contribution in [1.82, 2.24) is 9.80 Å². The molecule has 2 aliphatic heterocycles. The Kier molecular flexibility index (Phi) is 4.33. The lowest BCUT2D eigenvalue weighted by Crippen LogP contribution is -2.44. The van der Waals surface area contributed by atoms with Crippen LogP contribution in [-0.2, 0) is 4.79 Å². The predicted octanol–water partition coefficient (Wildman–Crippen LogP) is 2.02. The van der Waals surface area contributed by atoms with Crippen LogP contribution in [0.4, 0.5) is 10.5 Å². The monoisotopic (exact) mass is 371 g/mol. The number of carboxylic acids is 1. The normalized spacial score (nSPS) is 22.0. The number of likely N-dealkylation sites (tertiary alicyclic amines) is 1. The standard InChI is InChI=1S/C19H21N3O5/c23-16-14-6-5-13(8-15(14)17(24)22(16)9-11-3-4-11)20-19(27)21-7-1-2-12(10-21)18(25)26/h5-6,8,11-12H,1-4,7,9-10H2,(H,20,27)(H,25,26). The SMILES string of the molecule is O=C(O)C1CCCN(C(=O)Nc2ccc3c(c2)C(=O)N(CC2CC2)C3=O)C1. The summed E-state index contributed by atoms with van der Waals surface area (Å²) in [5.74, 6) is -1.64. The molecule has 1 aromatic rings. The molecule has 27 heavy (non-hydrogen) atoms. The Balaban J connectivity index is 1.46. The van der Waals surface area contributed by atoms with Crippen molar-refractivity contribution in [3.63, 3.8) is 0 Å². The summed E-state index contributed by atoms with van der Waals surface area (Å²) in [4.78, 5) is 51.3. The van der Waals surface area contributed by atoms with Crippen LogP contribution in [0.5, 0.6) is 0 Å². The van der Waals surface area contributed by atoms with E-state index in [1.54, 1.807) is 12.1 Å². The highest BCUT2D eigenvalue weighted by atomic mass is 16.4. The zero-order valence-electron chi connectivity index (χ0n) is 14.8. The highest BCUT2D eigenvalue weighted by Gasteiger charge is 2.39. The third kappa shape index (κ3) is 3.39. The first-order valence-corrected chi connectivity index (χ1v) is 9.23. The minimum absolute atomic E-state index is 0.165. The first-order chi connectivity index (χ1) is 12.9. The highest BCUT2D eigenvalue weighted by molar-refractivity contribution is 6.21. The maximum atomic E-state index is 12.5. The average Bonchev–Trinajstić information content (AvgIpc) is 3.45. The molecule has 2 heterocycles. The molecule has 1 aliphatic carbocycles. The molecule has 142 valence electrons. The Morgan fingerprint density at radius 2 is 1.85 bits per heavy atom. The molecular formula is C19H21N3O5. The lowest BCUT2D eigenvalue weighted by atomic mass is 9.99. The maximum Gasteiger partial charge on any atom is 0.321 e. The van der Waals surface area contributed by atoms with Crippen LogP contribution in [0.3, 0.4) is 0 Å². The van der Waals surface area contributed by atoms with Crippen LogP contribution >= 0.6 is 0 Å². The number of urea groups is 1.